The van der Waals surface area contributed by atoms with E-state index in [1.807, 2.05) is 4.90 Å². The number of hydrogen-bond acceptors (Lipinski definition) is 6. The van der Waals surface area contributed by atoms with E-state index >= 15 is 0 Å². The Morgan fingerprint density at radius 2 is 1.90 bits per heavy atom. The van der Waals surface area contributed by atoms with Crippen LogP contribution in [0.15, 0.2) is 30.6 Å². The van der Waals surface area contributed by atoms with Gasteiger partial charge >= 0.3 is 6.18 Å². The predicted molar refractivity (Wildman–Crippen MR) is 109 cm³/mol. The second-order valence-corrected chi connectivity index (χ2v) is 7.83. The number of halogens is 3. The zero-order chi connectivity index (χ0) is 22.4. The average molecular weight is 437 g/mol. The summed E-state index contributed by atoms with van der Waals surface area (Å²) in [6.07, 6.45) is -4.00. The molecule has 0 radical (unpaired) electrons. The minimum atomic E-state index is -4.25. The Hall–Kier alpha value is -2.91. The van der Waals surface area contributed by atoms with E-state index in [2.05, 4.69) is 28.8 Å². The van der Waals surface area contributed by atoms with Crippen LogP contribution in [0.1, 0.15) is 36.5 Å². The Labute approximate surface area is 179 Å². The number of aromatic nitrogens is 3. The van der Waals surface area contributed by atoms with Gasteiger partial charge in [-0.15, -0.1) is 0 Å². The smallest absolute Gasteiger partial charge is 0.389 e. The van der Waals surface area contributed by atoms with Crippen molar-refractivity contribution in [3.63, 3.8) is 0 Å². The maximum Gasteiger partial charge on any atom is 0.389 e. The van der Waals surface area contributed by atoms with Crippen molar-refractivity contribution in [2.24, 2.45) is 5.92 Å². The van der Waals surface area contributed by atoms with E-state index in [4.69, 9.17) is 4.74 Å². The van der Waals surface area contributed by atoms with E-state index in [9.17, 15) is 18.0 Å². The summed E-state index contributed by atoms with van der Waals surface area (Å²) < 4.78 is 43.0. The molecule has 7 nitrogen and oxygen atoms in total. The number of hydrogen-bond donors (Lipinski definition) is 0. The van der Waals surface area contributed by atoms with E-state index in [0.717, 1.165) is 5.82 Å². The van der Waals surface area contributed by atoms with Crippen molar-refractivity contribution in [3.8, 4) is 5.88 Å². The van der Waals surface area contributed by atoms with E-state index in [1.165, 1.54) is 18.5 Å². The summed E-state index contributed by atoms with van der Waals surface area (Å²) in [5, 5.41) is 0. The summed E-state index contributed by atoms with van der Waals surface area (Å²) in [4.78, 5) is 29.0. The first kappa shape index (κ1) is 22.8. The molecule has 168 valence electrons. The van der Waals surface area contributed by atoms with Crippen LogP contribution in [0, 0.1) is 5.92 Å². The number of ether oxygens (including phenoxy) is 1. The first-order valence-electron chi connectivity index (χ1n) is 10.2. The SMILES string of the molecule is CC(C)COc1cc(N2CCN(C(=O)c3cccc(CCC(F)(F)F)n3)CC2)ncn1. The Morgan fingerprint density at radius 3 is 2.58 bits per heavy atom. The van der Waals surface area contributed by atoms with Gasteiger partial charge in [-0.3, -0.25) is 4.79 Å². The Bertz CT molecular complexity index is 883. The van der Waals surface area contributed by atoms with Gasteiger partial charge in [0.15, 0.2) is 0 Å². The fraction of sp³-hybridized carbons (Fsp3) is 0.524. The number of rotatable bonds is 7. The molecule has 10 heteroatoms. The molecule has 0 N–H and O–H groups in total. The molecule has 31 heavy (non-hydrogen) atoms. The highest BCUT2D eigenvalue weighted by Gasteiger charge is 2.27. The summed E-state index contributed by atoms with van der Waals surface area (Å²) in [6.45, 7) is 6.73. The second-order valence-electron chi connectivity index (χ2n) is 7.83. The molecule has 1 fully saturated rings. The molecule has 0 unspecified atom stereocenters. The lowest BCUT2D eigenvalue weighted by Gasteiger charge is -2.35. The maximum absolute atomic E-state index is 12.8. The van der Waals surface area contributed by atoms with Gasteiger partial charge in [-0.1, -0.05) is 19.9 Å². The minimum Gasteiger partial charge on any atom is -0.477 e. The topological polar surface area (TPSA) is 71.5 Å². The van der Waals surface area contributed by atoms with Crippen LogP contribution in [0.5, 0.6) is 5.88 Å². The highest BCUT2D eigenvalue weighted by molar-refractivity contribution is 5.92. The molecular formula is C21H26F3N5O2. The lowest BCUT2D eigenvalue weighted by Crippen LogP contribution is -2.49. The molecule has 2 aromatic heterocycles. The van der Waals surface area contributed by atoms with E-state index in [0.29, 0.717) is 44.6 Å². The molecule has 0 atom stereocenters. The van der Waals surface area contributed by atoms with Crippen LogP contribution in [0.2, 0.25) is 0 Å². The van der Waals surface area contributed by atoms with Gasteiger partial charge in [0, 0.05) is 44.4 Å². The van der Waals surface area contributed by atoms with Crippen molar-refractivity contribution in [2.75, 3.05) is 37.7 Å². The van der Waals surface area contributed by atoms with E-state index in [1.54, 1.807) is 17.0 Å². The third kappa shape index (κ3) is 6.80. The number of nitrogens with zero attached hydrogens (tertiary/aromatic N) is 5. The van der Waals surface area contributed by atoms with Crippen LogP contribution >= 0.6 is 0 Å². The number of amides is 1. The van der Waals surface area contributed by atoms with E-state index < -0.39 is 12.6 Å². The summed E-state index contributed by atoms with van der Waals surface area (Å²) in [5.74, 6) is 1.34. The largest absolute Gasteiger partial charge is 0.477 e. The van der Waals surface area contributed by atoms with Crippen LogP contribution in [0.3, 0.4) is 0 Å². The molecular weight excluding hydrogens is 411 g/mol. The second kappa shape index (κ2) is 9.93. The summed E-state index contributed by atoms with van der Waals surface area (Å²) in [7, 11) is 0. The molecule has 1 amide bonds. The third-order valence-corrected chi connectivity index (χ3v) is 4.77. The van der Waals surface area contributed by atoms with Crippen molar-refractivity contribution < 1.29 is 22.7 Å². The lowest BCUT2D eigenvalue weighted by atomic mass is 10.2. The number of carbonyl (C=O) groups is 1. The molecule has 1 aliphatic rings. The fourth-order valence-electron chi connectivity index (χ4n) is 3.14. The molecule has 0 saturated carbocycles. The average Bonchev–Trinajstić information content (AvgIpc) is 2.76. The summed E-state index contributed by atoms with van der Waals surface area (Å²) >= 11 is 0. The van der Waals surface area contributed by atoms with Gasteiger partial charge in [-0.05, 0) is 24.5 Å². The highest BCUT2D eigenvalue weighted by atomic mass is 19.4. The van der Waals surface area contributed by atoms with Crippen molar-refractivity contribution in [1.29, 1.82) is 0 Å². The quantitative estimate of drug-likeness (QED) is 0.662. The van der Waals surface area contributed by atoms with Crippen LogP contribution in [0.4, 0.5) is 19.0 Å². The van der Waals surface area contributed by atoms with Gasteiger partial charge in [-0.25, -0.2) is 15.0 Å². The fourth-order valence-corrected chi connectivity index (χ4v) is 3.14. The zero-order valence-corrected chi connectivity index (χ0v) is 17.6. The van der Waals surface area contributed by atoms with Crippen LogP contribution in [-0.2, 0) is 6.42 Å². The van der Waals surface area contributed by atoms with Crippen LogP contribution in [0.25, 0.3) is 0 Å². The molecule has 1 aliphatic heterocycles. The predicted octanol–water partition coefficient (Wildman–Crippen LogP) is 3.36. The number of carbonyl (C=O) groups excluding carboxylic acids is 1. The monoisotopic (exact) mass is 437 g/mol. The molecule has 0 aromatic carbocycles. The minimum absolute atomic E-state index is 0.166. The van der Waals surface area contributed by atoms with Gasteiger partial charge in [0.25, 0.3) is 5.91 Å². The number of anilines is 1. The zero-order valence-electron chi connectivity index (χ0n) is 17.6. The summed E-state index contributed by atoms with van der Waals surface area (Å²) in [6, 6.07) is 6.40. The van der Waals surface area contributed by atoms with Gasteiger partial charge in [-0.2, -0.15) is 13.2 Å². The maximum atomic E-state index is 12.8. The van der Waals surface area contributed by atoms with Crippen molar-refractivity contribution in [3.05, 3.63) is 42.0 Å². The molecule has 1 saturated heterocycles. The lowest BCUT2D eigenvalue weighted by molar-refractivity contribution is -0.134. The molecule has 2 aromatic rings. The third-order valence-electron chi connectivity index (χ3n) is 4.77. The highest BCUT2D eigenvalue weighted by Crippen LogP contribution is 2.22. The van der Waals surface area contributed by atoms with Crippen molar-refractivity contribution >= 4 is 11.7 Å². The Kier molecular flexibility index (Phi) is 7.29. The van der Waals surface area contributed by atoms with Gasteiger partial charge in [0.1, 0.15) is 17.8 Å². The normalized spacial score (nSPS) is 14.8. The number of alkyl halides is 3. The number of piperazine rings is 1. The first-order valence-corrected chi connectivity index (χ1v) is 10.2. The van der Waals surface area contributed by atoms with Gasteiger partial charge in [0.05, 0.1) is 6.61 Å². The molecule has 0 spiro atoms. The standard InChI is InChI=1S/C21H26F3N5O2/c1-15(2)13-31-19-12-18(25-14-26-19)28-8-10-29(11-9-28)20(30)17-5-3-4-16(27-17)6-7-21(22,23)24/h3-5,12,14-15H,6-11,13H2,1-2H3. The molecule has 0 aliphatic carbocycles. The molecule has 3 rings (SSSR count). The number of pyridine rings is 1. The molecule has 3 heterocycles. The van der Waals surface area contributed by atoms with Gasteiger partial charge < -0.3 is 14.5 Å². The Morgan fingerprint density at radius 1 is 1.16 bits per heavy atom. The van der Waals surface area contributed by atoms with Crippen LogP contribution < -0.4 is 9.64 Å². The first-order chi connectivity index (χ1) is 14.7. The summed E-state index contributed by atoms with van der Waals surface area (Å²) in [5.41, 5.74) is 0.427. The van der Waals surface area contributed by atoms with Crippen molar-refractivity contribution in [2.45, 2.75) is 32.9 Å². The molecule has 0 bridgehead atoms. The van der Waals surface area contributed by atoms with Crippen LogP contribution in [-0.4, -0.2) is 64.7 Å². The van der Waals surface area contributed by atoms with Gasteiger partial charge in [0.2, 0.25) is 5.88 Å². The van der Waals surface area contributed by atoms with Crippen molar-refractivity contribution in [1.82, 2.24) is 19.9 Å². The number of aryl methyl sites for hydroxylation is 1. The van der Waals surface area contributed by atoms with E-state index in [-0.39, 0.29) is 23.7 Å². The Balaban J connectivity index is 1.57.